The first-order chi connectivity index (χ1) is 9.34. The maximum Gasteiger partial charge on any atom is 0.305 e. The summed E-state index contributed by atoms with van der Waals surface area (Å²) in [4.78, 5) is 11.3. The maximum absolute atomic E-state index is 11.3. The number of hydrogen-bond acceptors (Lipinski definition) is 3. The van der Waals surface area contributed by atoms with Gasteiger partial charge in [-0.1, -0.05) is 26.0 Å². The van der Waals surface area contributed by atoms with Crippen LogP contribution in [-0.4, -0.2) is 12.3 Å². The summed E-state index contributed by atoms with van der Waals surface area (Å²) in [5, 5.41) is 0. The first-order valence-electron chi connectivity index (χ1n) is 7.51. The molecule has 2 aliphatic carbocycles. The molecule has 2 fully saturated rings. The molecule has 0 aromatic heterocycles. The standard InChI is InChI=1S/C17H24O3/c1-9-6-7-12-15(17(12,4)5)13-10(2)8-19-16(14(9)13)20-11(3)18/h8,12-16H,1,6-7H2,2-5H3. The van der Waals surface area contributed by atoms with Crippen LogP contribution in [0.15, 0.2) is 24.0 Å². The molecule has 0 radical (unpaired) electrons. The van der Waals surface area contributed by atoms with Crippen LogP contribution in [0.2, 0.25) is 0 Å². The summed E-state index contributed by atoms with van der Waals surface area (Å²) in [5.74, 6) is 1.65. The summed E-state index contributed by atoms with van der Waals surface area (Å²) in [6, 6.07) is 0. The second-order valence-corrected chi connectivity index (χ2v) is 7.18. The highest BCUT2D eigenvalue weighted by molar-refractivity contribution is 5.66. The number of allylic oxidation sites excluding steroid dienone is 1. The van der Waals surface area contributed by atoms with E-state index in [1.54, 1.807) is 6.26 Å². The summed E-state index contributed by atoms with van der Waals surface area (Å²) >= 11 is 0. The zero-order chi connectivity index (χ0) is 14.7. The minimum absolute atomic E-state index is 0.112. The molecule has 20 heavy (non-hydrogen) atoms. The molecule has 110 valence electrons. The lowest BCUT2D eigenvalue weighted by Gasteiger charge is -2.38. The Morgan fingerprint density at radius 2 is 2.15 bits per heavy atom. The fourth-order valence-corrected chi connectivity index (χ4v) is 4.57. The zero-order valence-corrected chi connectivity index (χ0v) is 12.8. The number of rotatable bonds is 1. The van der Waals surface area contributed by atoms with Gasteiger partial charge >= 0.3 is 5.97 Å². The van der Waals surface area contributed by atoms with Gasteiger partial charge in [0.15, 0.2) is 0 Å². The molecule has 1 aliphatic heterocycles. The van der Waals surface area contributed by atoms with E-state index in [1.165, 1.54) is 24.5 Å². The van der Waals surface area contributed by atoms with Gasteiger partial charge < -0.3 is 9.47 Å². The number of ether oxygens (including phenoxy) is 2. The monoisotopic (exact) mass is 276 g/mol. The third-order valence-electron chi connectivity index (χ3n) is 5.65. The number of carbonyl (C=O) groups is 1. The van der Waals surface area contributed by atoms with Crippen LogP contribution in [0.4, 0.5) is 0 Å². The molecule has 0 amide bonds. The van der Waals surface area contributed by atoms with Gasteiger partial charge in [-0.05, 0) is 42.6 Å². The van der Waals surface area contributed by atoms with E-state index in [4.69, 9.17) is 9.47 Å². The van der Waals surface area contributed by atoms with Crippen LogP contribution in [0, 0.1) is 29.1 Å². The summed E-state index contributed by atoms with van der Waals surface area (Å²) in [6.07, 6.45) is 3.51. The van der Waals surface area contributed by atoms with Gasteiger partial charge in [0.1, 0.15) is 0 Å². The Morgan fingerprint density at radius 3 is 2.80 bits per heavy atom. The Bertz CT molecular complexity index is 488. The van der Waals surface area contributed by atoms with Gasteiger partial charge in [0.2, 0.25) is 6.29 Å². The highest BCUT2D eigenvalue weighted by atomic mass is 16.7. The van der Waals surface area contributed by atoms with E-state index in [-0.39, 0.29) is 11.9 Å². The van der Waals surface area contributed by atoms with Crippen LogP contribution >= 0.6 is 0 Å². The van der Waals surface area contributed by atoms with Gasteiger partial charge in [0.05, 0.1) is 12.2 Å². The van der Waals surface area contributed by atoms with Crippen LogP contribution in [-0.2, 0) is 14.3 Å². The topological polar surface area (TPSA) is 35.5 Å². The van der Waals surface area contributed by atoms with Crippen molar-refractivity contribution in [2.24, 2.45) is 29.1 Å². The molecule has 0 spiro atoms. The van der Waals surface area contributed by atoms with Crippen molar-refractivity contribution in [3.05, 3.63) is 24.0 Å². The molecular weight excluding hydrogens is 252 g/mol. The smallest absolute Gasteiger partial charge is 0.305 e. The second kappa shape index (κ2) is 4.37. The van der Waals surface area contributed by atoms with Crippen LogP contribution in [0.25, 0.3) is 0 Å². The molecule has 5 unspecified atom stereocenters. The summed E-state index contributed by atoms with van der Waals surface area (Å²) in [6.45, 7) is 12.5. The molecule has 3 nitrogen and oxygen atoms in total. The van der Waals surface area contributed by atoms with Crippen LogP contribution in [0.5, 0.6) is 0 Å². The minimum Gasteiger partial charge on any atom is -0.462 e. The molecule has 1 heterocycles. The predicted octanol–water partition coefficient (Wildman–Crippen LogP) is 3.66. The Hall–Kier alpha value is -1.25. The number of carbonyl (C=O) groups excluding carboxylic acids is 1. The molecule has 0 saturated heterocycles. The molecule has 3 aliphatic rings. The highest BCUT2D eigenvalue weighted by Crippen LogP contribution is 2.69. The van der Waals surface area contributed by atoms with E-state index < -0.39 is 6.29 Å². The molecular formula is C17H24O3. The molecule has 2 saturated carbocycles. The zero-order valence-electron chi connectivity index (χ0n) is 12.8. The number of esters is 1. The van der Waals surface area contributed by atoms with Crippen molar-refractivity contribution in [2.75, 3.05) is 0 Å². The van der Waals surface area contributed by atoms with Crippen LogP contribution in [0.1, 0.15) is 40.5 Å². The van der Waals surface area contributed by atoms with Gasteiger partial charge in [-0.25, -0.2) is 0 Å². The van der Waals surface area contributed by atoms with E-state index in [0.717, 1.165) is 12.3 Å². The molecule has 0 aromatic rings. The molecule has 0 bridgehead atoms. The number of fused-ring (bicyclic) bond motifs is 3. The van der Waals surface area contributed by atoms with Crippen molar-refractivity contribution in [1.29, 1.82) is 0 Å². The average molecular weight is 276 g/mol. The van der Waals surface area contributed by atoms with Crippen molar-refractivity contribution in [3.63, 3.8) is 0 Å². The lowest BCUT2D eigenvalue weighted by atomic mass is 9.75. The fourth-order valence-electron chi connectivity index (χ4n) is 4.57. The molecule has 0 aromatic carbocycles. The molecule has 3 heteroatoms. The van der Waals surface area contributed by atoms with Crippen LogP contribution < -0.4 is 0 Å². The molecule has 0 N–H and O–H groups in total. The molecule has 5 atom stereocenters. The first kappa shape index (κ1) is 13.7. The van der Waals surface area contributed by atoms with Crippen LogP contribution in [0.3, 0.4) is 0 Å². The lowest BCUT2D eigenvalue weighted by molar-refractivity contribution is -0.180. The SMILES string of the molecule is C=C1CCC2C(C3C(C)=COC(OC(C)=O)C13)C2(C)C. The molecule has 3 rings (SSSR count). The third kappa shape index (κ3) is 1.90. The Labute approximate surface area is 121 Å². The van der Waals surface area contributed by atoms with Crippen molar-refractivity contribution in [1.82, 2.24) is 0 Å². The Morgan fingerprint density at radius 1 is 1.45 bits per heavy atom. The fraction of sp³-hybridized carbons (Fsp3) is 0.706. The quantitative estimate of drug-likeness (QED) is 0.541. The second-order valence-electron chi connectivity index (χ2n) is 7.18. The van der Waals surface area contributed by atoms with E-state index >= 15 is 0 Å². The average Bonchev–Trinajstić information content (AvgIpc) is 2.93. The Kier molecular flexibility index (Phi) is 3.00. The minimum atomic E-state index is -0.496. The van der Waals surface area contributed by atoms with Crippen molar-refractivity contribution >= 4 is 5.97 Å². The predicted molar refractivity (Wildman–Crippen MR) is 76.5 cm³/mol. The highest BCUT2D eigenvalue weighted by Gasteiger charge is 2.64. The van der Waals surface area contributed by atoms with Crippen molar-refractivity contribution < 1.29 is 14.3 Å². The van der Waals surface area contributed by atoms with Gasteiger partial charge in [0, 0.05) is 12.8 Å². The number of hydrogen-bond donors (Lipinski definition) is 0. The van der Waals surface area contributed by atoms with E-state index in [0.29, 0.717) is 17.3 Å². The van der Waals surface area contributed by atoms with Gasteiger partial charge in [-0.2, -0.15) is 0 Å². The van der Waals surface area contributed by atoms with Crippen molar-refractivity contribution in [2.45, 2.75) is 46.8 Å². The van der Waals surface area contributed by atoms with Crippen molar-refractivity contribution in [3.8, 4) is 0 Å². The van der Waals surface area contributed by atoms with Gasteiger partial charge in [0.25, 0.3) is 0 Å². The van der Waals surface area contributed by atoms with E-state index in [9.17, 15) is 4.79 Å². The summed E-state index contributed by atoms with van der Waals surface area (Å²) < 4.78 is 11.1. The van der Waals surface area contributed by atoms with Gasteiger partial charge in [-0.3, -0.25) is 4.79 Å². The summed E-state index contributed by atoms with van der Waals surface area (Å²) in [7, 11) is 0. The normalized spacial score (nSPS) is 41.5. The van der Waals surface area contributed by atoms with Gasteiger partial charge in [-0.15, -0.1) is 0 Å². The largest absolute Gasteiger partial charge is 0.462 e. The maximum atomic E-state index is 11.3. The van der Waals surface area contributed by atoms with E-state index in [1.807, 2.05) is 0 Å². The first-order valence-corrected chi connectivity index (χ1v) is 7.51. The third-order valence-corrected chi connectivity index (χ3v) is 5.65. The summed E-state index contributed by atoms with van der Waals surface area (Å²) in [5.41, 5.74) is 2.83. The lowest BCUT2D eigenvalue weighted by Crippen LogP contribution is -2.39. The Balaban J connectivity index is 1.96. The van der Waals surface area contributed by atoms with E-state index in [2.05, 4.69) is 27.4 Å².